The lowest BCUT2D eigenvalue weighted by Gasteiger charge is -2.27. The van der Waals surface area contributed by atoms with Crippen LogP contribution >= 0.6 is 0 Å². The maximum Gasteiger partial charge on any atom is 0.0949 e. The zero-order chi connectivity index (χ0) is 10.8. The fourth-order valence-corrected chi connectivity index (χ4v) is 2.50. The highest BCUT2D eigenvalue weighted by Gasteiger charge is 2.20. The Morgan fingerprint density at radius 1 is 1.06 bits per heavy atom. The molecule has 1 aromatic rings. The molecule has 0 aromatic heterocycles. The Kier molecular flexibility index (Phi) is 2.94. The predicted molar refractivity (Wildman–Crippen MR) is 64.6 cm³/mol. The number of hydrogen-bond acceptors (Lipinski definition) is 2. The van der Waals surface area contributed by atoms with Gasteiger partial charge in [-0.05, 0) is 29.9 Å². The quantitative estimate of drug-likeness (QED) is 0.822. The first-order chi connectivity index (χ1) is 7.93. The van der Waals surface area contributed by atoms with Crippen LogP contribution in [0.15, 0.2) is 24.3 Å². The lowest BCUT2D eigenvalue weighted by Crippen LogP contribution is -2.33. The van der Waals surface area contributed by atoms with Crippen molar-refractivity contribution in [2.24, 2.45) is 0 Å². The van der Waals surface area contributed by atoms with E-state index < -0.39 is 0 Å². The van der Waals surface area contributed by atoms with E-state index in [0.29, 0.717) is 0 Å². The van der Waals surface area contributed by atoms with Gasteiger partial charge in [-0.3, -0.25) is 0 Å². The van der Waals surface area contributed by atoms with E-state index in [-0.39, 0.29) is 6.10 Å². The highest BCUT2D eigenvalue weighted by atomic mass is 16.5. The maximum atomic E-state index is 5.74. The molecule has 1 saturated heterocycles. The Balaban J connectivity index is 1.70. The highest BCUT2D eigenvalue weighted by molar-refractivity contribution is 5.28. The molecule has 3 rings (SSSR count). The summed E-state index contributed by atoms with van der Waals surface area (Å²) in [6, 6.07) is 9.06. The minimum absolute atomic E-state index is 0.254. The van der Waals surface area contributed by atoms with E-state index in [1.54, 1.807) is 0 Å². The van der Waals surface area contributed by atoms with Crippen LogP contribution < -0.4 is 5.32 Å². The summed E-state index contributed by atoms with van der Waals surface area (Å²) in [5.41, 5.74) is 2.83. The second-order valence-corrected chi connectivity index (χ2v) is 4.86. The monoisotopic (exact) mass is 217 g/mol. The summed E-state index contributed by atoms with van der Waals surface area (Å²) >= 11 is 0. The fraction of sp³-hybridized carbons (Fsp3) is 0.571. The van der Waals surface area contributed by atoms with E-state index in [2.05, 4.69) is 29.6 Å². The summed E-state index contributed by atoms with van der Waals surface area (Å²) < 4.78 is 5.74. The third-order valence-corrected chi connectivity index (χ3v) is 3.81. The Labute approximate surface area is 97.0 Å². The molecule has 1 aliphatic heterocycles. The molecule has 2 fully saturated rings. The second-order valence-electron chi connectivity index (χ2n) is 4.86. The molecule has 0 spiro atoms. The van der Waals surface area contributed by atoms with Crippen LogP contribution in [-0.4, -0.2) is 19.7 Å². The van der Waals surface area contributed by atoms with Crippen LogP contribution in [-0.2, 0) is 4.74 Å². The molecule has 86 valence electrons. The molecule has 1 aromatic carbocycles. The summed E-state index contributed by atoms with van der Waals surface area (Å²) in [6.07, 6.45) is 4.41. The van der Waals surface area contributed by atoms with Crippen molar-refractivity contribution < 1.29 is 4.74 Å². The molecule has 16 heavy (non-hydrogen) atoms. The first kappa shape index (κ1) is 10.3. The highest BCUT2D eigenvalue weighted by Crippen LogP contribution is 2.36. The molecule has 1 aliphatic carbocycles. The van der Waals surface area contributed by atoms with Crippen molar-refractivity contribution in [1.82, 2.24) is 5.32 Å². The minimum atomic E-state index is 0.254. The molecular weight excluding hydrogens is 198 g/mol. The molecule has 0 bridgehead atoms. The van der Waals surface area contributed by atoms with E-state index in [1.165, 1.54) is 30.4 Å². The molecule has 2 nitrogen and oxygen atoms in total. The smallest absolute Gasteiger partial charge is 0.0949 e. The van der Waals surface area contributed by atoms with Gasteiger partial charge in [-0.25, -0.2) is 0 Å². The Hall–Kier alpha value is -0.860. The van der Waals surface area contributed by atoms with Crippen LogP contribution in [0.5, 0.6) is 0 Å². The Bertz CT molecular complexity index is 336. The number of hydrogen-bond donors (Lipinski definition) is 1. The summed E-state index contributed by atoms with van der Waals surface area (Å²) in [5, 5.41) is 3.37. The first-order valence-electron chi connectivity index (χ1n) is 6.35. The summed E-state index contributed by atoms with van der Waals surface area (Å²) in [7, 11) is 0. The standard InChI is InChI=1S/C14H19NO/c1-2-11(3-1)12-4-6-13(7-5-12)14-10-15-8-9-16-14/h4-7,11,14-15H,1-3,8-10H2. The van der Waals surface area contributed by atoms with Gasteiger partial charge in [0, 0.05) is 13.1 Å². The molecule has 1 heterocycles. The first-order valence-corrected chi connectivity index (χ1v) is 6.35. The van der Waals surface area contributed by atoms with Gasteiger partial charge >= 0.3 is 0 Å². The maximum absolute atomic E-state index is 5.74. The van der Waals surface area contributed by atoms with E-state index in [9.17, 15) is 0 Å². The van der Waals surface area contributed by atoms with Gasteiger partial charge in [-0.2, -0.15) is 0 Å². The fourth-order valence-electron chi connectivity index (χ4n) is 2.50. The number of benzene rings is 1. The van der Waals surface area contributed by atoms with Crippen molar-refractivity contribution >= 4 is 0 Å². The lowest BCUT2D eigenvalue weighted by molar-refractivity contribution is 0.0277. The molecule has 1 unspecified atom stereocenters. The van der Waals surface area contributed by atoms with Gasteiger partial charge in [0.2, 0.25) is 0 Å². The number of nitrogens with one attached hydrogen (secondary N) is 1. The summed E-state index contributed by atoms with van der Waals surface area (Å²) in [4.78, 5) is 0. The van der Waals surface area contributed by atoms with Crippen LogP contribution in [0.4, 0.5) is 0 Å². The molecule has 1 atom stereocenters. The van der Waals surface area contributed by atoms with Gasteiger partial charge in [-0.15, -0.1) is 0 Å². The third-order valence-electron chi connectivity index (χ3n) is 3.81. The van der Waals surface area contributed by atoms with Crippen molar-refractivity contribution in [2.75, 3.05) is 19.7 Å². The van der Waals surface area contributed by atoms with E-state index in [0.717, 1.165) is 25.6 Å². The molecule has 2 heteroatoms. The number of morpholine rings is 1. The summed E-state index contributed by atoms with van der Waals surface area (Å²) in [5.74, 6) is 0.833. The van der Waals surface area contributed by atoms with Crippen molar-refractivity contribution in [3.05, 3.63) is 35.4 Å². The average molecular weight is 217 g/mol. The second kappa shape index (κ2) is 4.56. The van der Waals surface area contributed by atoms with Crippen LogP contribution in [0.1, 0.15) is 42.4 Å². The molecule has 0 amide bonds. The van der Waals surface area contributed by atoms with Gasteiger partial charge in [0.15, 0.2) is 0 Å². The molecule has 2 aliphatic rings. The van der Waals surface area contributed by atoms with E-state index in [1.807, 2.05) is 0 Å². The lowest BCUT2D eigenvalue weighted by atomic mass is 9.80. The van der Waals surface area contributed by atoms with Gasteiger partial charge < -0.3 is 10.1 Å². The van der Waals surface area contributed by atoms with Gasteiger partial charge in [0.05, 0.1) is 12.7 Å². The normalized spacial score (nSPS) is 26.4. The Morgan fingerprint density at radius 3 is 2.38 bits per heavy atom. The van der Waals surface area contributed by atoms with Crippen molar-refractivity contribution in [1.29, 1.82) is 0 Å². The number of ether oxygens (including phenoxy) is 1. The summed E-state index contributed by atoms with van der Waals surface area (Å²) in [6.45, 7) is 2.76. The topological polar surface area (TPSA) is 21.3 Å². The number of rotatable bonds is 2. The average Bonchev–Trinajstić information content (AvgIpc) is 2.29. The van der Waals surface area contributed by atoms with Gasteiger partial charge in [0.25, 0.3) is 0 Å². The van der Waals surface area contributed by atoms with Gasteiger partial charge in [0.1, 0.15) is 0 Å². The van der Waals surface area contributed by atoms with Crippen LogP contribution in [0, 0.1) is 0 Å². The van der Waals surface area contributed by atoms with E-state index >= 15 is 0 Å². The van der Waals surface area contributed by atoms with Crippen molar-refractivity contribution in [3.63, 3.8) is 0 Å². The van der Waals surface area contributed by atoms with Crippen LogP contribution in [0.2, 0.25) is 0 Å². The molecule has 0 radical (unpaired) electrons. The van der Waals surface area contributed by atoms with Crippen LogP contribution in [0.3, 0.4) is 0 Å². The predicted octanol–water partition coefficient (Wildman–Crippen LogP) is 2.62. The van der Waals surface area contributed by atoms with Gasteiger partial charge in [-0.1, -0.05) is 30.7 Å². The van der Waals surface area contributed by atoms with Crippen LogP contribution in [0.25, 0.3) is 0 Å². The Morgan fingerprint density at radius 2 is 1.81 bits per heavy atom. The molecule has 1 saturated carbocycles. The third kappa shape index (κ3) is 2.00. The largest absolute Gasteiger partial charge is 0.371 e. The zero-order valence-electron chi connectivity index (χ0n) is 9.61. The molecule has 1 N–H and O–H groups in total. The zero-order valence-corrected chi connectivity index (χ0v) is 9.61. The van der Waals surface area contributed by atoms with E-state index in [4.69, 9.17) is 4.74 Å². The SMILES string of the molecule is c1cc(C2CNCCO2)ccc1C1CCC1. The molecular formula is C14H19NO. The minimum Gasteiger partial charge on any atom is -0.371 e. The van der Waals surface area contributed by atoms with Crippen molar-refractivity contribution in [3.8, 4) is 0 Å². The van der Waals surface area contributed by atoms with Crippen molar-refractivity contribution in [2.45, 2.75) is 31.3 Å².